The molecule has 1 rings (SSSR count). The fourth-order valence-electron chi connectivity index (χ4n) is 1.48. The lowest BCUT2D eigenvalue weighted by atomic mass is 9.98. The zero-order valence-electron chi connectivity index (χ0n) is 10.8. The van der Waals surface area contributed by atoms with Crippen molar-refractivity contribution in [2.45, 2.75) is 25.3 Å². The average molecular weight is 286 g/mol. The van der Waals surface area contributed by atoms with Crippen LogP contribution in [0.2, 0.25) is 0 Å². The summed E-state index contributed by atoms with van der Waals surface area (Å²) in [7, 11) is 0. The number of nitrogens with zero attached hydrogens (tertiary/aromatic N) is 1. The van der Waals surface area contributed by atoms with E-state index in [1.54, 1.807) is 0 Å². The molecule has 1 aromatic carbocycles. The normalized spacial score (nSPS) is 13.6. The van der Waals surface area contributed by atoms with Gasteiger partial charge in [0.2, 0.25) is 0 Å². The van der Waals surface area contributed by atoms with Crippen LogP contribution < -0.4 is 10.5 Å². The minimum atomic E-state index is -1.39. The number of aliphatic carboxylic acids is 1. The van der Waals surface area contributed by atoms with E-state index in [1.165, 1.54) is 6.92 Å². The monoisotopic (exact) mass is 286 g/mol. The summed E-state index contributed by atoms with van der Waals surface area (Å²) in [6.45, 7) is 1.37. The molecule has 0 amide bonds. The van der Waals surface area contributed by atoms with Gasteiger partial charge in [0.1, 0.15) is 11.4 Å². The van der Waals surface area contributed by atoms with Crippen molar-refractivity contribution in [1.82, 2.24) is 0 Å². The number of nitro groups is 1. The Morgan fingerprint density at radius 3 is 2.80 bits per heavy atom. The lowest BCUT2D eigenvalue weighted by Gasteiger charge is -2.18. The van der Waals surface area contributed by atoms with Crippen molar-refractivity contribution in [3.63, 3.8) is 0 Å². The SMILES string of the molecule is CC(N)(CCCOc1cc(F)ccc1[N+](=O)[O-])C(=O)O. The van der Waals surface area contributed by atoms with Crippen molar-refractivity contribution in [2.75, 3.05) is 6.61 Å². The van der Waals surface area contributed by atoms with Crippen molar-refractivity contribution in [3.05, 3.63) is 34.1 Å². The molecule has 0 aromatic heterocycles. The van der Waals surface area contributed by atoms with Gasteiger partial charge in [0.05, 0.1) is 11.5 Å². The fourth-order valence-corrected chi connectivity index (χ4v) is 1.48. The molecule has 1 atom stereocenters. The third-order valence-corrected chi connectivity index (χ3v) is 2.71. The second kappa shape index (κ2) is 6.29. The highest BCUT2D eigenvalue weighted by molar-refractivity contribution is 5.77. The Hall–Kier alpha value is -2.22. The maximum atomic E-state index is 13.0. The van der Waals surface area contributed by atoms with Crippen LogP contribution in [0.5, 0.6) is 5.75 Å². The van der Waals surface area contributed by atoms with Gasteiger partial charge in [-0.1, -0.05) is 0 Å². The zero-order chi connectivity index (χ0) is 15.3. The van der Waals surface area contributed by atoms with Gasteiger partial charge in [-0.15, -0.1) is 0 Å². The number of hydrogen-bond acceptors (Lipinski definition) is 5. The van der Waals surface area contributed by atoms with E-state index in [9.17, 15) is 19.3 Å². The molecule has 7 nitrogen and oxygen atoms in total. The van der Waals surface area contributed by atoms with Gasteiger partial charge in [-0.2, -0.15) is 0 Å². The minimum absolute atomic E-state index is 0.00433. The van der Waals surface area contributed by atoms with E-state index in [-0.39, 0.29) is 30.9 Å². The topological polar surface area (TPSA) is 116 Å². The first-order chi connectivity index (χ1) is 9.24. The van der Waals surface area contributed by atoms with E-state index in [1.807, 2.05) is 0 Å². The predicted molar refractivity (Wildman–Crippen MR) is 68.0 cm³/mol. The van der Waals surface area contributed by atoms with Crippen molar-refractivity contribution in [1.29, 1.82) is 0 Å². The minimum Gasteiger partial charge on any atom is -0.487 e. The summed E-state index contributed by atoms with van der Waals surface area (Å²) in [6.07, 6.45) is 0.401. The molecular formula is C12H15FN2O5. The summed E-state index contributed by atoms with van der Waals surface area (Å²) < 4.78 is 18.1. The van der Waals surface area contributed by atoms with Crippen LogP contribution in [0.1, 0.15) is 19.8 Å². The Labute approximate surface area is 114 Å². The van der Waals surface area contributed by atoms with E-state index in [2.05, 4.69) is 0 Å². The maximum Gasteiger partial charge on any atom is 0.323 e. The molecule has 1 unspecified atom stereocenters. The molecule has 0 aliphatic heterocycles. The Kier molecular flexibility index (Phi) is 4.98. The van der Waals surface area contributed by atoms with Crippen LogP contribution in [-0.4, -0.2) is 28.1 Å². The molecule has 0 heterocycles. The quantitative estimate of drug-likeness (QED) is 0.447. The van der Waals surface area contributed by atoms with Crippen molar-refractivity contribution in [2.24, 2.45) is 5.73 Å². The fraction of sp³-hybridized carbons (Fsp3) is 0.417. The largest absolute Gasteiger partial charge is 0.487 e. The van der Waals surface area contributed by atoms with E-state index in [0.29, 0.717) is 0 Å². The van der Waals surface area contributed by atoms with Gasteiger partial charge in [-0.25, -0.2) is 4.39 Å². The second-order valence-electron chi connectivity index (χ2n) is 4.54. The van der Waals surface area contributed by atoms with E-state index in [0.717, 1.165) is 18.2 Å². The zero-order valence-corrected chi connectivity index (χ0v) is 10.8. The number of nitrogens with two attached hydrogens (primary N) is 1. The first-order valence-corrected chi connectivity index (χ1v) is 5.83. The van der Waals surface area contributed by atoms with Gasteiger partial charge >= 0.3 is 11.7 Å². The Balaban J connectivity index is 2.60. The second-order valence-corrected chi connectivity index (χ2v) is 4.54. The summed E-state index contributed by atoms with van der Waals surface area (Å²) in [6, 6.07) is 2.89. The number of hydrogen-bond donors (Lipinski definition) is 2. The molecule has 8 heteroatoms. The van der Waals surface area contributed by atoms with Crippen molar-refractivity contribution >= 4 is 11.7 Å². The highest BCUT2D eigenvalue weighted by Gasteiger charge is 2.27. The van der Waals surface area contributed by atoms with Gasteiger partial charge in [0, 0.05) is 12.1 Å². The summed E-state index contributed by atoms with van der Waals surface area (Å²) >= 11 is 0. The molecule has 0 aliphatic carbocycles. The highest BCUT2D eigenvalue weighted by atomic mass is 19.1. The number of nitro benzene ring substituents is 1. The third kappa shape index (κ3) is 4.16. The summed E-state index contributed by atoms with van der Waals surface area (Å²) in [5.74, 6) is -1.99. The van der Waals surface area contributed by atoms with Crippen LogP contribution in [0.4, 0.5) is 10.1 Å². The molecule has 110 valence electrons. The number of benzene rings is 1. The standard InChI is InChI=1S/C12H15FN2O5/c1-12(14,11(16)17)5-2-6-20-10-7-8(13)3-4-9(10)15(18)19/h3-4,7H,2,5-6,14H2,1H3,(H,16,17). The third-order valence-electron chi connectivity index (χ3n) is 2.71. The molecule has 3 N–H and O–H groups in total. The summed E-state index contributed by atoms with van der Waals surface area (Å²) in [4.78, 5) is 20.8. The maximum absolute atomic E-state index is 13.0. The number of carbonyl (C=O) groups is 1. The summed E-state index contributed by atoms with van der Waals surface area (Å²) in [5.41, 5.74) is 3.78. The van der Waals surface area contributed by atoms with Crippen LogP contribution in [0.25, 0.3) is 0 Å². The van der Waals surface area contributed by atoms with Crippen LogP contribution in [-0.2, 0) is 4.79 Å². The van der Waals surface area contributed by atoms with Crippen LogP contribution in [0.3, 0.4) is 0 Å². The molecule has 1 aromatic rings. The number of carboxylic acid groups (broad SMARTS) is 1. The molecule has 0 saturated heterocycles. The molecule has 0 saturated carbocycles. The van der Waals surface area contributed by atoms with Gasteiger partial charge < -0.3 is 15.6 Å². The first kappa shape index (κ1) is 15.8. The Morgan fingerprint density at radius 2 is 2.25 bits per heavy atom. The first-order valence-electron chi connectivity index (χ1n) is 5.83. The predicted octanol–water partition coefficient (Wildman–Crippen LogP) is 1.69. The van der Waals surface area contributed by atoms with Gasteiger partial charge in [0.15, 0.2) is 5.75 Å². The molecule has 0 aliphatic rings. The number of carboxylic acids is 1. The van der Waals surface area contributed by atoms with Gasteiger partial charge in [-0.05, 0) is 25.8 Å². The van der Waals surface area contributed by atoms with Crippen molar-refractivity contribution in [3.8, 4) is 5.75 Å². The molecule has 20 heavy (non-hydrogen) atoms. The van der Waals surface area contributed by atoms with Crippen LogP contribution >= 0.6 is 0 Å². The molecule has 0 fully saturated rings. The molecule has 0 spiro atoms. The van der Waals surface area contributed by atoms with E-state index in [4.69, 9.17) is 15.6 Å². The smallest absolute Gasteiger partial charge is 0.323 e. The number of ether oxygens (including phenoxy) is 1. The number of halogens is 1. The van der Waals surface area contributed by atoms with Crippen molar-refractivity contribution < 1.29 is 24.0 Å². The molecular weight excluding hydrogens is 271 g/mol. The lowest BCUT2D eigenvalue weighted by Crippen LogP contribution is -2.44. The molecule has 0 radical (unpaired) electrons. The Bertz CT molecular complexity index is 519. The van der Waals surface area contributed by atoms with E-state index >= 15 is 0 Å². The lowest BCUT2D eigenvalue weighted by molar-refractivity contribution is -0.385. The molecule has 0 bridgehead atoms. The van der Waals surface area contributed by atoms with Crippen LogP contribution in [0.15, 0.2) is 18.2 Å². The van der Waals surface area contributed by atoms with E-state index < -0.39 is 22.2 Å². The van der Waals surface area contributed by atoms with Gasteiger partial charge in [0.25, 0.3) is 0 Å². The Morgan fingerprint density at radius 1 is 1.60 bits per heavy atom. The number of rotatable bonds is 7. The van der Waals surface area contributed by atoms with Crippen LogP contribution in [0, 0.1) is 15.9 Å². The highest BCUT2D eigenvalue weighted by Crippen LogP contribution is 2.27. The van der Waals surface area contributed by atoms with Gasteiger partial charge in [-0.3, -0.25) is 14.9 Å². The average Bonchev–Trinajstić information content (AvgIpc) is 2.34. The summed E-state index contributed by atoms with van der Waals surface area (Å²) in [5, 5.41) is 19.5.